The van der Waals surface area contributed by atoms with Gasteiger partial charge in [0, 0.05) is 7.05 Å². The SMILES string of the molecule is CCc1cccc2c1N(C)C(=O)C2(C)C=C(Br)Br. The van der Waals surface area contributed by atoms with Crippen LogP contribution in [0.2, 0.25) is 0 Å². The molecular weight excluding hydrogens is 358 g/mol. The molecule has 1 aromatic carbocycles. The Morgan fingerprint density at radius 1 is 1.44 bits per heavy atom. The first-order valence-corrected chi connectivity index (χ1v) is 7.44. The van der Waals surface area contributed by atoms with Gasteiger partial charge in [-0.15, -0.1) is 0 Å². The summed E-state index contributed by atoms with van der Waals surface area (Å²) >= 11 is 6.72. The molecule has 1 aromatic rings. The van der Waals surface area contributed by atoms with Gasteiger partial charge in [0.15, 0.2) is 0 Å². The van der Waals surface area contributed by atoms with Crippen LogP contribution in [-0.4, -0.2) is 13.0 Å². The van der Waals surface area contributed by atoms with Gasteiger partial charge in [0.1, 0.15) is 0 Å². The third-order valence-corrected chi connectivity index (χ3v) is 4.00. The molecule has 0 saturated carbocycles. The molecule has 0 N–H and O–H groups in total. The van der Waals surface area contributed by atoms with Crippen LogP contribution in [-0.2, 0) is 16.6 Å². The van der Waals surface area contributed by atoms with Crippen molar-refractivity contribution in [1.82, 2.24) is 0 Å². The van der Waals surface area contributed by atoms with Gasteiger partial charge in [-0.2, -0.15) is 0 Å². The van der Waals surface area contributed by atoms with Crippen molar-refractivity contribution >= 4 is 43.5 Å². The van der Waals surface area contributed by atoms with Crippen LogP contribution in [0.25, 0.3) is 0 Å². The number of hydrogen-bond acceptors (Lipinski definition) is 1. The molecule has 1 aliphatic rings. The van der Waals surface area contributed by atoms with E-state index in [2.05, 4.69) is 44.8 Å². The van der Waals surface area contributed by atoms with Gasteiger partial charge >= 0.3 is 0 Å². The molecule has 1 amide bonds. The van der Waals surface area contributed by atoms with Crippen molar-refractivity contribution in [1.29, 1.82) is 0 Å². The molecule has 1 unspecified atom stereocenters. The second-order valence-corrected chi connectivity index (χ2v) is 7.44. The van der Waals surface area contributed by atoms with Crippen LogP contribution in [0.3, 0.4) is 0 Å². The molecule has 1 atom stereocenters. The highest BCUT2D eigenvalue weighted by Gasteiger charge is 2.45. The Morgan fingerprint density at radius 3 is 2.67 bits per heavy atom. The van der Waals surface area contributed by atoms with Crippen LogP contribution in [0.5, 0.6) is 0 Å². The van der Waals surface area contributed by atoms with Crippen LogP contribution in [0.15, 0.2) is 27.7 Å². The third-order valence-electron chi connectivity index (χ3n) is 3.54. The first-order valence-electron chi connectivity index (χ1n) is 5.86. The van der Waals surface area contributed by atoms with Crippen molar-refractivity contribution in [3.05, 3.63) is 38.8 Å². The summed E-state index contributed by atoms with van der Waals surface area (Å²) in [6.45, 7) is 4.07. The largest absolute Gasteiger partial charge is 0.314 e. The standard InChI is InChI=1S/C14H15Br2NO/c1-4-9-6-5-7-10-12(9)17(3)13(18)14(10,2)8-11(15)16/h5-8H,4H2,1-3H3. The molecule has 2 rings (SSSR count). The highest BCUT2D eigenvalue weighted by atomic mass is 79.9. The molecule has 0 spiro atoms. The first-order chi connectivity index (χ1) is 8.41. The van der Waals surface area contributed by atoms with E-state index in [1.54, 1.807) is 4.90 Å². The number of hydrogen-bond donors (Lipinski definition) is 0. The fourth-order valence-electron chi connectivity index (χ4n) is 2.61. The predicted molar refractivity (Wildman–Crippen MR) is 82.5 cm³/mol. The van der Waals surface area contributed by atoms with Crippen LogP contribution >= 0.6 is 31.9 Å². The Morgan fingerprint density at radius 2 is 2.11 bits per heavy atom. The Bertz CT molecular complexity index is 535. The quantitative estimate of drug-likeness (QED) is 0.764. The average molecular weight is 373 g/mol. The monoisotopic (exact) mass is 371 g/mol. The normalized spacial score (nSPS) is 22.1. The molecule has 0 fully saturated rings. The molecule has 1 heterocycles. The second-order valence-electron chi connectivity index (χ2n) is 4.67. The number of carbonyl (C=O) groups excluding carboxylic acids is 1. The Hall–Kier alpha value is -0.610. The number of benzene rings is 1. The molecule has 0 saturated heterocycles. The predicted octanol–water partition coefficient (Wildman–Crippen LogP) is 4.11. The number of halogens is 2. The number of carbonyl (C=O) groups is 1. The number of aryl methyl sites for hydroxylation is 1. The smallest absolute Gasteiger partial charge is 0.241 e. The lowest BCUT2D eigenvalue weighted by molar-refractivity contribution is -0.120. The summed E-state index contributed by atoms with van der Waals surface area (Å²) in [6.07, 6.45) is 2.84. The third kappa shape index (κ3) is 1.95. The van der Waals surface area contributed by atoms with Gasteiger partial charge in [0.25, 0.3) is 0 Å². The molecule has 0 radical (unpaired) electrons. The van der Waals surface area contributed by atoms with Crippen LogP contribution < -0.4 is 4.90 Å². The Labute approximate surface area is 124 Å². The average Bonchev–Trinajstić information content (AvgIpc) is 2.51. The number of nitrogens with zero attached hydrogens (tertiary/aromatic N) is 1. The lowest BCUT2D eigenvalue weighted by Crippen LogP contribution is -2.34. The van der Waals surface area contributed by atoms with Gasteiger partial charge < -0.3 is 4.90 Å². The Kier molecular flexibility index (Phi) is 3.70. The minimum absolute atomic E-state index is 0.106. The lowest BCUT2D eigenvalue weighted by atomic mass is 9.83. The number of rotatable bonds is 2. The molecular formula is C14H15Br2NO. The molecule has 96 valence electrons. The molecule has 0 bridgehead atoms. The fraction of sp³-hybridized carbons (Fsp3) is 0.357. The zero-order valence-corrected chi connectivity index (χ0v) is 13.8. The summed E-state index contributed by atoms with van der Waals surface area (Å²) in [6, 6.07) is 6.15. The van der Waals surface area contributed by atoms with E-state index < -0.39 is 5.41 Å². The van der Waals surface area contributed by atoms with E-state index >= 15 is 0 Å². The summed E-state index contributed by atoms with van der Waals surface area (Å²) in [5.74, 6) is 0.106. The lowest BCUT2D eigenvalue weighted by Gasteiger charge is -2.18. The minimum atomic E-state index is -0.600. The van der Waals surface area contributed by atoms with Crippen LogP contribution in [0.1, 0.15) is 25.0 Å². The maximum absolute atomic E-state index is 12.5. The van der Waals surface area contributed by atoms with Gasteiger partial charge in [-0.25, -0.2) is 0 Å². The summed E-state index contributed by atoms with van der Waals surface area (Å²) in [5, 5.41) is 0. The van der Waals surface area contributed by atoms with Crippen molar-refractivity contribution < 1.29 is 4.79 Å². The highest BCUT2D eigenvalue weighted by Crippen LogP contribution is 2.45. The maximum atomic E-state index is 12.5. The van der Waals surface area contributed by atoms with E-state index in [0.29, 0.717) is 0 Å². The zero-order chi connectivity index (χ0) is 13.5. The van der Waals surface area contributed by atoms with E-state index in [1.807, 2.05) is 32.2 Å². The minimum Gasteiger partial charge on any atom is -0.314 e. The number of amides is 1. The van der Waals surface area contributed by atoms with Gasteiger partial charge in [0.05, 0.1) is 14.5 Å². The summed E-state index contributed by atoms with van der Waals surface area (Å²) < 4.78 is 0.800. The molecule has 0 aliphatic carbocycles. The second kappa shape index (κ2) is 4.82. The van der Waals surface area contributed by atoms with Gasteiger partial charge in [-0.05, 0) is 62.4 Å². The zero-order valence-electron chi connectivity index (χ0n) is 10.6. The summed E-state index contributed by atoms with van der Waals surface area (Å²) in [4.78, 5) is 14.3. The van der Waals surface area contributed by atoms with Crippen LogP contribution in [0, 0.1) is 0 Å². The van der Waals surface area contributed by atoms with Crippen molar-refractivity contribution in [3.63, 3.8) is 0 Å². The van der Waals surface area contributed by atoms with Crippen molar-refractivity contribution in [3.8, 4) is 0 Å². The van der Waals surface area contributed by atoms with E-state index in [1.165, 1.54) is 5.56 Å². The Balaban J connectivity index is 2.71. The topological polar surface area (TPSA) is 20.3 Å². The molecule has 4 heteroatoms. The molecule has 2 nitrogen and oxygen atoms in total. The number of likely N-dealkylation sites (N-methyl/N-ethyl adjacent to an activating group) is 1. The number of para-hydroxylation sites is 1. The van der Waals surface area contributed by atoms with E-state index in [0.717, 1.165) is 21.1 Å². The van der Waals surface area contributed by atoms with Crippen LogP contribution in [0.4, 0.5) is 5.69 Å². The van der Waals surface area contributed by atoms with E-state index in [9.17, 15) is 4.79 Å². The number of fused-ring (bicyclic) bond motifs is 1. The maximum Gasteiger partial charge on any atom is 0.241 e. The van der Waals surface area contributed by atoms with Crippen molar-refractivity contribution in [2.24, 2.45) is 0 Å². The van der Waals surface area contributed by atoms with Gasteiger partial charge in [-0.1, -0.05) is 25.1 Å². The van der Waals surface area contributed by atoms with Crippen molar-refractivity contribution in [2.45, 2.75) is 25.7 Å². The van der Waals surface area contributed by atoms with Gasteiger partial charge in [-0.3, -0.25) is 4.79 Å². The first kappa shape index (κ1) is 13.8. The number of anilines is 1. The van der Waals surface area contributed by atoms with Crippen molar-refractivity contribution in [2.75, 3.05) is 11.9 Å². The highest BCUT2D eigenvalue weighted by molar-refractivity contribution is 9.28. The summed E-state index contributed by atoms with van der Waals surface area (Å²) in [5.41, 5.74) is 2.75. The fourth-order valence-corrected chi connectivity index (χ4v) is 3.53. The van der Waals surface area contributed by atoms with E-state index in [4.69, 9.17) is 0 Å². The molecule has 1 aliphatic heterocycles. The molecule has 0 aromatic heterocycles. The van der Waals surface area contributed by atoms with Gasteiger partial charge in [0.2, 0.25) is 5.91 Å². The van der Waals surface area contributed by atoms with E-state index in [-0.39, 0.29) is 5.91 Å². The summed E-state index contributed by atoms with van der Waals surface area (Å²) in [7, 11) is 1.85. The molecule has 18 heavy (non-hydrogen) atoms.